The van der Waals surface area contributed by atoms with E-state index in [0.29, 0.717) is 6.42 Å². The molecule has 3 rings (SSSR count). The Morgan fingerprint density at radius 2 is 2.00 bits per heavy atom. The summed E-state index contributed by atoms with van der Waals surface area (Å²) in [5.41, 5.74) is 2.83. The highest BCUT2D eigenvalue weighted by atomic mass is 32.1. The van der Waals surface area contributed by atoms with Crippen LogP contribution >= 0.6 is 11.3 Å². The fourth-order valence-corrected chi connectivity index (χ4v) is 3.00. The fraction of sp³-hybridized carbons (Fsp3) is 0.188. The van der Waals surface area contributed by atoms with E-state index in [1.165, 1.54) is 4.88 Å². The zero-order valence-electron chi connectivity index (χ0n) is 11.0. The molecule has 20 heavy (non-hydrogen) atoms. The normalized spacial score (nSPS) is 12.4. The van der Waals surface area contributed by atoms with Crippen LogP contribution in [0.15, 0.2) is 54.0 Å². The van der Waals surface area contributed by atoms with Crippen LogP contribution in [0.25, 0.3) is 11.3 Å². The molecule has 0 fully saturated rings. The summed E-state index contributed by atoms with van der Waals surface area (Å²) in [5.74, 6) is 0. The Morgan fingerprint density at radius 1 is 1.15 bits per heavy atom. The van der Waals surface area contributed by atoms with Crippen molar-refractivity contribution in [2.24, 2.45) is 0 Å². The van der Waals surface area contributed by atoms with Gasteiger partial charge in [-0.2, -0.15) is 5.10 Å². The van der Waals surface area contributed by atoms with Gasteiger partial charge in [-0.05, 0) is 29.9 Å². The minimum atomic E-state index is -0.494. The predicted molar refractivity (Wildman–Crippen MR) is 81.6 cm³/mol. The first-order valence-corrected chi connectivity index (χ1v) is 7.51. The summed E-state index contributed by atoms with van der Waals surface area (Å²) < 4.78 is 0. The van der Waals surface area contributed by atoms with Gasteiger partial charge in [-0.3, -0.25) is 5.10 Å². The van der Waals surface area contributed by atoms with Crippen molar-refractivity contribution in [3.8, 4) is 11.3 Å². The van der Waals surface area contributed by atoms with Gasteiger partial charge in [0.15, 0.2) is 0 Å². The Labute approximate surface area is 121 Å². The van der Waals surface area contributed by atoms with Gasteiger partial charge < -0.3 is 5.11 Å². The molecule has 2 heterocycles. The zero-order chi connectivity index (χ0) is 13.8. The molecule has 3 aromatic rings. The lowest BCUT2D eigenvalue weighted by Gasteiger charge is -2.10. The van der Waals surface area contributed by atoms with Gasteiger partial charge in [-0.15, -0.1) is 11.3 Å². The standard InChI is InChI=1S/C16H16N2OS/c19-15(9-8-13-7-4-10-20-13)14-11-17-18-16(14)12-5-2-1-3-6-12/h1-7,10-11,15,19H,8-9H2,(H,17,18). The van der Waals surface area contributed by atoms with Crippen LogP contribution in [-0.4, -0.2) is 15.3 Å². The molecule has 4 heteroatoms. The highest BCUT2D eigenvalue weighted by Crippen LogP contribution is 2.28. The van der Waals surface area contributed by atoms with Gasteiger partial charge in [-0.1, -0.05) is 36.4 Å². The van der Waals surface area contributed by atoms with Crippen molar-refractivity contribution in [1.29, 1.82) is 0 Å². The van der Waals surface area contributed by atoms with E-state index in [0.717, 1.165) is 23.2 Å². The molecule has 0 aliphatic rings. The maximum absolute atomic E-state index is 10.4. The van der Waals surface area contributed by atoms with Gasteiger partial charge in [-0.25, -0.2) is 0 Å². The molecule has 1 aromatic carbocycles. The number of rotatable bonds is 5. The van der Waals surface area contributed by atoms with Crippen LogP contribution in [0.2, 0.25) is 0 Å². The highest BCUT2D eigenvalue weighted by Gasteiger charge is 2.15. The smallest absolute Gasteiger partial charge is 0.0830 e. The maximum Gasteiger partial charge on any atom is 0.0830 e. The number of thiophene rings is 1. The van der Waals surface area contributed by atoms with E-state index in [1.807, 2.05) is 36.4 Å². The van der Waals surface area contributed by atoms with E-state index in [1.54, 1.807) is 17.5 Å². The summed E-state index contributed by atoms with van der Waals surface area (Å²) >= 11 is 1.73. The third-order valence-corrected chi connectivity index (χ3v) is 4.27. The number of aryl methyl sites for hydroxylation is 1. The molecule has 2 aromatic heterocycles. The maximum atomic E-state index is 10.4. The molecular weight excluding hydrogens is 268 g/mol. The second-order valence-corrected chi connectivity index (χ2v) is 5.73. The molecular formula is C16H16N2OS. The van der Waals surface area contributed by atoms with E-state index in [9.17, 15) is 5.11 Å². The second-order valence-electron chi connectivity index (χ2n) is 4.70. The molecule has 1 unspecified atom stereocenters. The number of nitrogens with one attached hydrogen (secondary N) is 1. The average Bonchev–Trinajstić information content (AvgIpc) is 3.17. The van der Waals surface area contributed by atoms with Gasteiger partial charge in [0.1, 0.15) is 0 Å². The molecule has 0 radical (unpaired) electrons. The molecule has 0 spiro atoms. The third kappa shape index (κ3) is 2.81. The molecule has 0 saturated heterocycles. The van der Waals surface area contributed by atoms with Crippen LogP contribution in [0.1, 0.15) is 23.0 Å². The molecule has 0 saturated carbocycles. The fourth-order valence-electron chi connectivity index (χ4n) is 2.27. The molecule has 0 bridgehead atoms. The third-order valence-electron chi connectivity index (χ3n) is 3.33. The number of aliphatic hydroxyl groups is 1. The summed E-state index contributed by atoms with van der Waals surface area (Å²) in [7, 11) is 0. The molecule has 0 aliphatic carbocycles. The minimum absolute atomic E-state index is 0.494. The van der Waals surface area contributed by atoms with Gasteiger partial charge in [0.25, 0.3) is 0 Å². The lowest BCUT2D eigenvalue weighted by atomic mass is 10.0. The van der Waals surface area contributed by atoms with Crippen LogP contribution in [0, 0.1) is 0 Å². The molecule has 2 N–H and O–H groups in total. The summed E-state index contributed by atoms with van der Waals surface area (Å²) in [6.07, 6.45) is 2.82. The van der Waals surface area contributed by atoms with E-state index in [2.05, 4.69) is 21.6 Å². The topological polar surface area (TPSA) is 48.9 Å². The lowest BCUT2D eigenvalue weighted by molar-refractivity contribution is 0.168. The molecule has 0 amide bonds. The van der Waals surface area contributed by atoms with Crippen molar-refractivity contribution in [2.45, 2.75) is 18.9 Å². The Morgan fingerprint density at radius 3 is 2.75 bits per heavy atom. The molecule has 1 atom stereocenters. The Balaban J connectivity index is 1.75. The predicted octanol–water partition coefficient (Wildman–Crippen LogP) is 3.80. The summed E-state index contributed by atoms with van der Waals surface area (Å²) in [5, 5.41) is 19.5. The van der Waals surface area contributed by atoms with Crippen molar-refractivity contribution in [3.05, 3.63) is 64.5 Å². The number of hydrogen-bond acceptors (Lipinski definition) is 3. The van der Waals surface area contributed by atoms with Crippen molar-refractivity contribution >= 4 is 11.3 Å². The summed E-state index contributed by atoms with van der Waals surface area (Å²) in [6, 6.07) is 14.1. The van der Waals surface area contributed by atoms with Crippen LogP contribution in [-0.2, 0) is 6.42 Å². The second kappa shape index (κ2) is 6.03. The first-order chi connectivity index (χ1) is 9.84. The average molecular weight is 284 g/mol. The van der Waals surface area contributed by atoms with Gasteiger partial charge in [0, 0.05) is 10.4 Å². The van der Waals surface area contributed by atoms with Crippen LogP contribution in [0.3, 0.4) is 0 Å². The monoisotopic (exact) mass is 284 g/mol. The largest absolute Gasteiger partial charge is 0.388 e. The first kappa shape index (κ1) is 13.1. The number of aromatic amines is 1. The van der Waals surface area contributed by atoms with Crippen LogP contribution < -0.4 is 0 Å². The van der Waals surface area contributed by atoms with E-state index < -0.39 is 6.10 Å². The number of nitrogens with zero attached hydrogens (tertiary/aromatic N) is 1. The Bertz CT molecular complexity index is 646. The number of benzene rings is 1. The van der Waals surface area contributed by atoms with Crippen molar-refractivity contribution in [3.63, 3.8) is 0 Å². The highest BCUT2D eigenvalue weighted by molar-refractivity contribution is 7.09. The number of aromatic nitrogens is 2. The SMILES string of the molecule is OC(CCc1cccs1)c1cn[nH]c1-c1ccccc1. The molecule has 0 aliphatic heterocycles. The Hall–Kier alpha value is -1.91. The molecule has 102 valence electrons. The quantitative estimate of drug-likeness (QED) is 0.748. The van der Waals surface area contributed by atoms with Crippen molar-refractivity contribution in [1.82, 2.24) is 10.2 Å². The van der Waals surface area contributed by atoms with Gasteiger partial charge in [0.2, 0.25) is 0 Å². The number of H-pyrrole nitrogens is 1. The summed E-state index contributed by atoms with van der Waals surface area (Å²) in [6.45, 7) is 0. The van der Waals surface area contributed by atoms with E-state index in [4.69, 9.17) is 0 Å². The Kier molecular flexibility index (Phi) is 3.95. The van der Waals surface area contributed by atoms with E-state index >= 15 is 0 Å². The van der Waals surface area contributed by atoms with Crippen LogP contribution in [0.4, 0.5) is 0 Å². The van der Waals surface area contributed by atoms with Crippen LogP contribution in [0.5, 0.6) is 0 Å². The molecule has 3 nitrogen and oxygen atoms in total. The van der Waals surface area contributed by atoms with E-state index in [-0.39, 0.29) is 0 Å². The zero-order valence-corrected chi connectivity index (χ0v) is 11.8. The summed E-state index contributed by atoms with van der Waals surface area (Å²) in [4.78, 5) is 1.30. The minimum Gasteiger partial charge on any atom is -0.388 e. The van der Waals surface area contributed by atoms with Crippen molar-refractivity contribution in [2.75, 3.05) is 0 Å². The lowest BCUT2D eigenvalue weighted by Crippen LogP contribution is -1.99. The number of hydrogen-bond donors (Lipinski definition) is 2. The van der Waals surface area contributed by atoms with Gasteiger partial charge >= 0.3 is 0 Å². The number of aliphatic hydroxyl groups excluding tert-OH is 1. The first-order valence-electron chi connectivity index (χ1n) is 6.64. The van der Waals surface area contributed by atoms with Gasteiger partial charge in [0.05, 0.1) is 18.0 Å². The van der Waals surface area contributed by atoms with Crippen molar-refractivity contribution < 1.29 is 5.11 Å².